The standard InChI is InChI=1S/C23H29N5O3S2/c1-15-17(13-19-22(31)28(23(32)33-19)16-5-3-4-6-16)20(25(2)21(30)18(15)14-24)27-9-7-26(8-10-27)11-12-29/h13,16,29H,3-12H2,1-2H3/b19-13-. The van der Waals surface area contributed by atoms with Crippen molar-refractivity contribution in [2.45, 2.75) is 38.6 Å². The molecule has 4 rings (SSSR count). The van der Waals surface area contributed by atoms with E-state index in [9.17, 15) is 20.0 Å². The second-order valence-electron chi connectivity index (χ2n) is 8.76. The van der Waals surface area contributed by atoms with Gasteiger partial charge in [-0.1, -0.05) is 36.8 Å². The molecular formula is C23H29N5O3S2. The van der Waals surface area contributed by atoms with E-state index >= 15 is 0 Å². The monoisotopic (exact) mass is 487 g/mol. The number of amides is 1. The van der Waals surface area contributed by atoms with Crippen LogP contribution in [0.3, 0.4) is 0 Å². The number of pyridine rings is 1. The Balaban J connectivity index is 1.75. The molecule has 2 aliphatic heterocycles. The van der Waals surface area contributed by atoms with E-state index in [2.05, 4.69) is 15.9 Å². The maximum absolute atomic E-state index is 13.3. The van der Waals surface area contributed by atoms with Gasteiger partial charge in [0.25, 0.3) is 11.5 Å². The molecule has 0 bridgehead atoms. The van der Waals surface area contributed by atoms with Crippen LogP contribution in [0.1, 0.15) is 42.4 Å². The summed E-state index contributed by atoms with van der Waals surface area (Å²) in [5, 5.41) is 18.9. The van der Waals surface area contributed by atoms with E-state index in [4.69, 9.17) is 12.2 Å². The third-order valence-corrected chi connectivity index (χ3v) is 8.18. The lowest BCUT2D eigenvalue weighted by atomic mass is 10.0. The molecular weight excluding hydrogens is 458 g/mol. The summed E-state index contributed by atoms with van der Waals surface area (Å²) in [6.45, 7) is 5.40. The van der Waals surface area contributed by atoms with Crippen LogP contribution >= 0.6 is 24.0 Å². The first-order valence-electron chi connectivity index (χ1n) is 11.4. The number of aliphatic hydroxyl groups is 1. The van der Waals surface area contributed by atoms with Gasteiger partial charge in [-0.15, -0.1) is 0 Å². The number of thiocarbonyl (C=S) groups is 1. The van der Waals surface area contributed by atoms with Crippen LogP contribution in [0, 0.1) is 18.3 Å². The normalized spacial score (nSPS) is 21.5. The molecule has 1 aromatic heterocycles. The molecule has 8 nitrogen and oxygen atoms in total. The summed E-state index contributed by atoms with van der Waals surface area (Å²) in [7, 11) is 1.68. The van der Waals surface area contributed by atoms with Gasteiger partial charge in [0.05, 0.1) is 11.5 Å². The Kier molecular flexibility index (Phi) is 7.24. The SMILES string of the molecule is Cc1c(/C=C2\SC(=S)N(C3CCCC3)C2=O)c(N2CCN(CCO)CC2)n(C)c(=O)c1C#N. The van der Waals surface area contributed by atoms with Gasteiger partial charge in [-0.3, -0.25) is 24.0 Å². The average molecular weight is 488 g/mol. The van der Waals surface area contributed by atoms with Crippen molar-refractivity contribution in [3.8, 4) is 6.07 Å². The predicted molar refractivity (Wildman–Crippen MR) is 134 cm³/mol. The number of aliphatic hydroxyl groups excluding tert-OH is 1. The van der Waals surface area contributed by atoms with E-state index in [-0.39, 0.29) is 29.7 Å². The highest BCUT2D eigenvalue weighted by atomic mass is 32.2. The lowest BCUT2D eigenvalue weighted by molar-refractivity contribution is -0.123. The van der Waals surface area contributed by atoms with Gasteiger partial charge in [-0.05, 0) is 31.4 Å². The number of anilines is 1. The quantitative estimate of drug-likeness (QED) is 0.497. The lowest BCUT2D eigenvalue weighted by Gasteiger charge is -2.37. The Morgan fingerprint density at radius 2 is 1.88 bits per heavy atom. The second kappa shape index (κ2) is 9.97. The van der Waals surface area contributed by atoms with Gasteiger partial charge < -0.3 is 10.0 Å². The number of aromatic nitrogens is 1. The van der Waals surface area contributed by atoms with Crippen molar-refractivity contribution >= 4 is 46.1 Å². The molecule has 1 aliphatic carbocycles. The summed E-state index contributed by atoms with van der Waals surface area (Å²) in [5.41, 5.74) is 1.06. The molecule has 3 aliphatic rings. The molecule has 0 aromatic carbocycles. The van der Waals surface area contributed by atoms with Gasteiger partial charge in [0.15, 0.2) is 0 Å². The highest BCUT2D eigenvalue weighted by molar-refractivity contribution is 8.26. The smallest absolute Gasteiger partial charge is 0.270 e. The predicted octanol–water partition coefficient (Wildman–Crippen LogP) is 1.82. The number of rotatable bonds is 5. The Morgan fingerprint density at radius 1 is 1.21 bits per heavy atom. The summed E-state index contributed by atoms with van der Waals surface area (Å²) >= 11 is 6.86. The van der Waals surface area contributed by atoms with Crippen LogP contribution in [-0.4, -0.2) is 75.1 Å². The minimum atomic E-state index is -0.335. The van der Waals surface area contributed by atoms with Crippen molar-refractivity contribution < 1.29 is 9.90 Å². The first-order valence-corrected chi connectivity index (χ1v) is 12.6. The summed E-state index contributed by atoms with van der Waals surface area (Å²) in [6.07, 6.45) is 5.98. The van der Waals surface area contributed by atoms with E-state index in [1.54, 1.807) is 18.9 Å². The maximum atomic E-state index is 13.3. The number of carbonyl (C=O) groups is 1. The number of hydrogen-bond acceptors (Lipinski definition) is 8. The van der Waals surface area contributed by atoms with E-state index in [1.807, 2.05) is 6.08 Å². The second-order valence-corrected chi connectivity index (χ2v) is 10.4. The number of nitriles is 1. The fourth-order valence-corrected chi connectivity index (χ4v) is 6.39. The Morgan fingerprint density at radius 3 is 2.48 bits per heavy atom. The first kappa shape index (κ1) is 24.0. The number of β-amino-alcohol motifs (C(OH)–C–C–N with tert-alkyl or cyclic N) is 1. The van der Waals surface area contributed by atoms with Gasteiger partial charge in [0.1, 0.15) is 21.8 Å². The molecule has 0 spiro atoms. The number of thioether (sulfide) groups is 1. The Hall–Kier alpha value is -2.19. The molecule has 10 heteroatoms. The molecule has 1 saturated carbocycles. The highest BCUT2D eigenvalue weighted by Gasteiger charge is 2.38. The zero-order valence-corrected chi connectivity index (χ0v) is 20.7. The summed E-state index contributed by atoms with van der Waals surface area (Å²) in [6, 6.07) is 2.22. The number of nitrogens with zero attached hydrogens (tertiary/aromatic N) is 5. The van der Waals surface area contributed by atoms with Crippen molar-refractivity contribution in [1.82, 2.24) is 14.4 Å². The van der Waals surface area contributed by atoms with Gasteiger partial charge in [0.2, 0.25) is 0 Å². The molecule has 2 saturated heterocycles. The maximum Gasteiger partial charge on any atom is 0.270 e. The largest absolute Gasteiger partial charge is 0.395 e. The molecule has 176 valence electrons. The van der Waals surface area contributed by atoms with Crippen LogP contribution in [0.5, 0.6) is 0 Å². The van der Waals surface area contributed by atoms with Crippen LogP contribution in [0.15, 0.2) is 9.70 Å². The van der Waals surface area contributed by atoms with Crippen LogP contribution in [0.2, 0.25) is 0 Å². The summed E-state index contributed by atoms with van der Waals surface area (Å²) in [5.74, 6) is 0.633. The molecule has 0 unspecified atom stereocenters. The van der Waals surface area contributed by atoms with E-state index in [0.29, 0.717) is 40.2 Å². The number of piperazine rings is 1. The van der Waals surface area contributed by atoms with Gasteiger partial charge in [0, 0.05) is 51.4 Å². The minimum Gasteiger partial charge on any atom is -0.395 e. The number of carbonyl (C=O) groups excluding carboxylic acids is 1. The molecule has 0 atom stereocenters. The molecule has 0 radical (unpaired) electrons. The zero-order valence-electron chi connectivity index (χ0n) is 19.0. The lowest BCUT2D eigenvalue weighted by Crippen LogP contribution is -2.49. The zero-order chi connectivity index (χ0) is 23.7. The van der Waals surface area contributed by atoms with Crippen LogP contribution in [0.25, 0.3) is 6.08 Å². The third-order valence-electron chi connectivity index (χ3n) is 6.84. The molecule has 33 heavy (non-hydrogen) atoms. The van der Waals surface area contributed by atoms with Gasteiger partial charge in [-0.2, -0.15) is 5.26 Å². The van der Waals surface area contributed by atoms with Crippen LogP contribution in [0.4, 0.5) is 5.82 Å². The van der Waals surface area contributed by atoms with E-state index in [1.165, 1.54) is 16.3 Å². The average Bonchev–Trinajstić information content (AvgIpc) is 3.41. The van der Waals surface area contributed by atoms with Crippen molar-refractivity contribution in [3.63, 3.8) is 0 Å². The molecule has 1 N–H and O–H groups in total. The molecule has 1 amide bonds. The minimum absolute atomic E-state index is 0.0811. The van der Waals surface area contributed by atoms with Crippen molar-refractivity contribution in [2.75, 3.05) is 44.2 Å². The van der Waals surface area contributed by atoms with Crippen molar-refractivity contribution in [3.05, 3.63) is 31.9 Å². The van der Waals surface area contributed by atoms with Crippen molar-refractivity contribution in [2.24, 2.45) is 7.05 Å². The fraction of sp³-hybridized carbons (Fsp3) is 0.565. The third kappa shape index (κ3) is 4.47. The molecule has 3 heterocycles. The first-order chi connectivity index (χ1) is 15.9. The summed E-state index contributed by atoms with van der Waals surface area (Å²) < 4.78 is 2.11. The van der Waals surface area contributed by atoms with Gasteiger partial charge in [-0.25, -0.2) is 0 Å². The van der Waals surface area contributed by atoms with Gasteiger partial charge >= 0.3 is 0 Å². The fourth-order valence-electron chi connectivity index (χ4n) is 5.01. The highest BCUT2D eigenvalue weighted by Crippen LogP contribution is 2.39. The Labute approximate surface area is 203 Å². The van der Waals surface area contributed by atoms with Crippen LogP contribution in [-0.2, 0) is 11.8 Å². The van der Waals surface area contributed by atoms with E-state index in [0.717, 1.165) is 44.3 Å². The van der Waals surface area contributed by atoms with E-state index < -0.39 is 0 Å². The molecule has 1 aromatic rings. The summed E-state index contributed by atoms with van der Waals surface area (Å²) in [4.78, 5) is 32.8. The molecule has 3 fully saturated rings. The van der Waals surface area contributed by atoms with Crippen molar-refractivity contribution in [1.29, 1.82) is 5.26 Å². The topological polar surface area (TPSA) is 92.8 Å². The Bertz CT molecular complexity index is 1090. The van der Waals surface area contributed by atoms with Crippen LogP contribution < -0.4 is 10.5 Å². The number of hydrogen-bond donors (Lipinski definition) is 1.